The number of pyridine rings is 2. The number of nitrogens with zero attached hydrogens (tertiary/aromatic N) is 3. The first-order valence-corrected chi connectivity index (χ1v) is 11.5. The number of methoxy groups -OCH3 is 2. The number of benzene rings is 2. The van der Waals surface area contributed by atoms with Crippen molar-refractivity contribution in [3.05, 3.63) is 53.6 Å². The molecule has 0 bridgehead atoms. The van der Waals surface area contributed by atoms with Crippen molar-refractivity contribution < 1.29 is 14.2 Å². The number of rotatable bonds is 5. The van der Waals surface area contributed by atoms with Gasteiger partial charge in [-0.05, 0) is 48.5 Å². The number of hydrogen-bond acceptors (Lipinski definition) is 7. The number of anilines is 1. The number of fused-ring (bicyclic) bond motifs is 2. The third-order valence-corrected chi connectivity index (χ3v) is 6.70. The van der Waals surface area contributed by atoms with Crippen LogP contribution >= 0.6 is 23.4 Å². The lowest BCUT2D eigenvalue weighted by molar-refractivity contribution is 0.122. The van der Waals surface area contributed by atoms with Crippen LogP contribution in [0, 0.1) is 0 Å². The van der Waals surface area contributed by atoms with E-state index in [1.807, 2.05) is 36.4 Å². The van der Waals surface area contributed by atoms with E-state index in [0.29, 0.717) is 30.4 Å². The molecule has 1 fully saturated rings. The lowest BCUT2D eigenvalue weighted by atomic mass is 10.1. The molecule has 5 rings (SSSR count). The number of ether oxygens (including phenoxy) is 3. The smallest absolute Gasteiger partial charge is 0.170 e. The van der Waals surface area contributed by atoms with Crippen LogP contribution in [-0.4, -0.2) is 50.5 Å². The number of hydrogen-bond donors (Lipinski definition) is 0. The monoisotopic (exact) mass is 467 g/mol. The molecule has 2 aromatic carbocycles. The van der Waals surface area contributed by atoms with E-state index in [-0.39, 0.29) is 0 Å². The molecule has 4 aromatic rings. The van der Waals surface area contributed by atoms with E-state index in [0.717, 1.165) is 50.0 Å². The molecule has 1 aliphatic heterocycles. The van der Waals surface area contributed by atoms with Gasteiger partial charge in [0.05, 0.1) is 37.8 Å². The van der Waals surface area contributed by atoms with E-state index in [1.165, 1.54) is 0 Å². The van der Waals surface area contributed by atoms with Gasteiger partial charge in [-0.3, -0.25) is 0 Å². The van der Waals surface area contributed by atoms with Gasteiger partial charge in [0.15, 0.2) is 17.1 Å². The Morgan fingerprint density at radius 3 is 2.47 bits per heavy atom. The lowest BCUT2D eigenvalue weighted by Crippen LogP contribution is -2.37. The summed E-state index contributed by atoms with van der Waals surface area (Å²) in [5.74, 6) is 2.27. The summed E-state index contributed by atoms with van der Waals surface area (Å²) < 4.78 is 16.6. The molecule has 0 amide bonds. The predicted molar refractivity (Wildman–Crippen MR) is 129 cm³/mol. The first-order valence-electron chi connectivity index (χ1n) is 10.3. The van der Waals surface area contributed by atoms with Gasteiger partial charge in [-0.25, -0.2) is 9.97 Å². The molecule has 2 aromatic heterocycles. The van der Waals surface area contributed by atoms with Crippen LogP contribution in [0.2, 0.25) is 5.02 Å². The van der Waals surface area contributed by atoms with Crippen LogP contribution in [0.5, 0.6) is 11.5 Å². The molecule has 0 atom stereocenters. The molecule has 164 valence electrons. The van der Waals surface area contributed by atoms with Crippen molar-refractivity contribution in [1.82, 2.24) is 9.97 Å². The third-order valence-electron chi connectivity index (χ3n) is 5.42. The summed E-state index contributed by atoms with van der Waals surface area (Å²) in [6.45, 7) is 2.97. The Morgan fingerprint density at radius 2 is 1.75 bits per heavy atom. The van der Waals surface area contributed by atoms with Crippen molar-refractivity contribution in [3.63, 3.8) is 0 Å². The van der Waals surface area contributed by atoms with E-state index < -0.39 is 0 Å². The standard InChI is InChI=1S/C24H22ClN3O3S/c1-29-20-8-7-19-18(22(20)30-2)13-15-14-21(32-17-5-3-16(25)4-6-17)24(27-23(15)26-19)28-9-11-31-12-10-28/h3-8,13-14H,9-12H2,1-2H3. The van der Waals surface area contributed by atoms with Gasteiger partial charge in [0, 0.05) is 33.8 Å². The van der Waals surface area contributed by atoms with Gasteiger partial charge in [0.1, 0.15) is 5.82 Å². The van der Waals surface area contributed by atoms with Gasteiger partial charge >= 0.3 is 0 Å². The zero-order valence-electron chi connectivity index (χ0n) is 17.8. The Balaban J connectivity index is 1.68. The highest BCUT2D eigenvalue weighted by Gasteiger charge is 2.20. The molecule has 0 N–H and O–H groups in total. The first-order chi connectivity index (χ1) is 15.7. The molecule has 0 saturated carbocycles. The van der Waals surface area contributed by atoms with Crippen molar-refractivity contribution >= 4 is 51.1 Å². The molecule has 32 heavy (non-hydrogen) atoms. The minimum atomic E-state index is 0.670. The molecule has 0 spiro atoms. The maximum atomic E-state index is 6.08. The van der Waals surface area contributed by atoms with Crippen molar-refractivity contribution in [2.45, 2.75) is 9.79 Å². The Hall–Kier alpha value is -2.74. The number of halogens is 1. The molecule has 1 saturated heterocycles. The minimum Gasteiger partial charge on any atom is -0.493 e. The Labute approximate surface area is 195 Å². The van der Waals surface area contributed by atoms with E-state index >= 15 is 0 Å². The summed E-state index contributed by atoms with van der Waals surface area (Å²) in [5.41, 5.74) is 1.51. The van der Waals surface area contributed by atoms with Crippen molar-refractivity contribution in [3.8, 4) is 11.5 Å². The second-order valence-corrected chi connectivity index (χ2v) is 8.92. The topological polar surface area (TPSA) is 56.7 Å². The van der Waals surface area contributed by atoms with Crippen LogP contribution in [0.1, 0.15) is 0 Å². The van der Waals surface area contributed by atoms with Crippen LogP contribution in [0.3, 0.4) is 0 Å². The maximum Gasteiger partial charge on any atom is 0.170 e. The van der Waals surface area contributed by atoms with Gasteiger partial charge < -0.3 is 19.1 Å². The van der Waals surface area contributed by atoms with Gasteiger partial charge in [-0.15, -0.1) is 0 Å². The largest absolute Gasteiger partial charge is 0.493 e. The highest BCUT2D eigenvalue weighted by molar-refractivity contribution is 7.99. The summed E-state index contributed by atoms with van der Waals surface area (Å²) in [7, 11) is 3.28. The third kappa shape index (κ3) is 4.03. The van der Waals surface area contributed by atoms with Gasteiger partial charge in [-0.1, -0.05) is 23.4 Å². The molecule has 0 radical (unpaired) electrons. The molecule has 6 nitrogen and oxygen atoms in total. The number of aromatic nitrogens is 2. The van der Waals surface area contributed by atoms with E-state index in [9.17, 15) is 0 Å². The van der Waals surface area contributed by atoms with E-state index in [1.54, 1.807) is 26.0 Å². The fourth-order valence-electron chi connectivity index (χ4n) is 3.84. The normalized spacial score (nSPS) is 14.2. The summed E-state index contributed by atoms with van der Waals surface area (Å²) >= 11 is 7.75. The fraction of sp³-hybridized carbons (Fsp3) is 0.250. The average molecular weight is 468 g/mol. The van der Waals surface area contributed by atoms with Crippen molar-refractivity contribution in [1.29, 1.82) is 0 Å². The van der Waals surface area contributed by atoms with Crippen LogP contribution in [0.15, 0.2) is 58.3 Å². The summed E-state index contributed by atoms with van der Waals surface area (Å²) in [4.78, 5) is 14.3. The predicted octanol–water partition coefficient (Wildman–Crippen LogP) is 5.44. The minimum absolute atomic E-state index is 0.670. The molecular weight excluding hydrogens is 446 g/mol. The highest BCUT2D eigenvalue weighted by Crippen LogP contribution is 2.40. The quantitative estimate of drug-likeness (QED) is 0.362. The summed E-state index contributed by atoms with van der Waals surface area (Å²) in [6.07, 6.45) is 0. The maximum absolute atomic E-state index is 6.08. The highest BCUT2D eigenvalue weighted by atomic mass is 35.5. The second kappa shape index (κ2) is 9.02. The van der Waals surface area contributed by atoms with Crippen LogP contribution in [-0.2, 0) is 4.74 Å². The van der Waals surface area contributed by atoms with Gasteiger partial charge in [-0.2, -0.15) is 0 Å². The van der Waals surface area contributed by atoms with Crippen molar-refractivity contribution in [2.75, 3.05) is 45.4 Å². The van der Waals surface area contributed by atoms with Crippen LogP contribution in [0.4, 0.5) is 5.82 Å². The Bertz CT molecular complexity index is 1280. The Morgan fingerprint density at radius 1 is 0.969 bits per heavy atom. The molecular formula is C24H22ClN3O3S. The lowest BCUT2D eigenvalue weighted by Gasteiger charge is -2.29. The second-order valence-electron chi connectivity index (χ2n) is 7.37. The summed E-state index contributed by atoms with van der Waals surface area (Å²) in [5, 5.41) is 2.55. The molecule has 0 aliphatic carbocycles. The molecule has 0 unspecified atom stereocenters. The molecule has 8 heteroatoms. The van der Waals surface area contributed by atoms with Crippen LogP contribution < -0.4 is 14.4 Å². The fourth-order valence-corrected chi connectivity index (χ4v) is 4.94. The molecule has 3 heterocycles. The van der Waals surface area contributed by atoms with Crippen molar-refractivity contribution in [2.24, 2.45) is 0 Å². The van der Waals surface area contributed by atoms with Gasteiger partial charge in [0.2, 0.25) is 0 Å². The van der Waals surface area contributed by atoms with Gasteiger partial charge in [0.25, 0.3) is 0 Å². The molecule has 1 aliphatic rings. The van der Waals surface area contributed by atoms with Crippen LogP contribution in [0.25, 0.3) is 21.9 Å². The first kappa shape index (κ1) is 21.1. The number of morpholine rings is 1. The SMILES string of the molecule is COc1ccc2nc3nc(N4CCOCC4)c(Sc4ccc(Cl)cc4)cc3cc2c1OC. The Kier molecular flexibility index (Phi) is 5.95. The zero-order chi connectivity index (χ0) is 22.1. The van der Waals surface area contributed by atoms with E-state index in [4.69, 9.17) is 35.8 Å². The average Bonchev–Trinajstić information content (AvgIpc) is 2.83. The summed E-state index contributed by atoms with van der Waals surface area (Å²) in [6, 6.07) is 15.9. The van der Waals surface area contributed by atoms with E-state index in [2.05, 4.69) is 17.0 Å². The zero-order valence-corrected chi connectivity index (χ0v) is 19.4.